The third-order valence-electron chi connectivity index (χ3n) is 6.25. The van der Waals surface area contributed by atoms with Gasteiger partial charge in [0, 0.05) is 24.5 Å². The molecule has 0 amide bonds. The van der Waals surface area contributed by atoms with Crippen LogP contribution in [0.15, 0.2) is 46.0 Å². The number of thiazole rings is 1. The van der Waals surface area contributed by atoms with Gasteiger partial charge in [0.25, 0.3) is 11.1 Å². The molecule has 0 saturated heterocycles. The van der Waals surface area contributed by atoms with Crippen molar-refractivity contribution < 1.29 is 14.3 Å². The van der Waals surface area contributed by atoms with Crippen LogP contribution in [0.1, 0.15) is 76.4 Å². The van der Waals surface area contributed by atoms with Crippen molar-refractivity contribution in [2.75, 3.05) is 7.11 Å². The van der Waals surface area contributed by atoms with Crippen molar-refractivity contribution in [3.05, 3.63) is 89.6 Å². The molecule has 4 aromatic rings. The minimum absolute atomic E-state index is 0.190. The van der Waals surface area contributed by atoms with Gasteiger partial charge in [0.1, 0.15) is 17.2 Å². The molecular formula is C30H33N3O5S. The van der Waals surface area contributed by atoms with E-state index in [0.29, 0.717) is 16.0 Å². The highest BCUT2D eigenvalue weighted by molar-refractivity contribution is 7.15. The zero-order chi connectivity index (χ0) is 28.7. The van der Waals surface area contributed by atoms with Crippen molar-refractivity contribution in [2.45, 2.75) is 65.7 Å². The summed E-state index contributed by atoms with van der Waals surface area (Å²) in [6, 6.07) is 11.2. The number of nitrogens with zero attached hydrogens (tertiary/aromatic N) is 3. The molecule has 0 spiro atoms. The number of benzene rings is 2. The summed E-state index contributed by atoms with van der Waals surface area (Å²) in [6.45, 7) is 13.7. The van der Waals surface area contributed by atoms with Crippen LogP contribution in [-0.2, 0) is 22.0 Å². The first-order chi connectivity index (χ1) is 18.2. The lowest BCUT2D eigenvalue weighted by Gasteiger charge is -2.29. The number of carbonyl (C=O) groups excluding carboxylic acids is 1. The molecule has 4 rings (SSSR count). The molecule has 0 aliphatic heterocycles. The summed E-state index contributed by atoms with van der Waals surface area (Å²) >= 11 is 1.11. The molecule has 8 nitrogen and oxygen atoms in total. The molecule has 0 aliphatic carbocycles. The van der Waals surface area contributed by atoms with E-state index >= 15 is 0 Å². The van der Waals surface area contributed by atoms with Crippen LogP contribution in [0, 0.1) is 0 Å². The first kappa shape index (κ1) is 28.2. The van der Waals surface area contributed by atoms with Gasteiger partial charge in [0.05, 0.1) is 11.6 Å². The Morgan fingerprint density at radius 1 is 1.00 bits per heavy atom. The lowest BCUT2D eigenvalue weighted by Crippen LogP contribution is -2.28. The highest BCUT2D eigenvalue weighted by atomic mass is 32.1. The molecule has 0 fully saturated rings. The summed E-state index contributed by atoms with van der Waals surface area (Å²) in [7, 11) is 1.59. The van der Waals surface area contributed by atoms with Crippen LogP contribution in [0.25, 0.3) is 11.0 Å². The molecule has 204 valence electrons. The van der Waals surface area contributed by atoms with Crippen molar-refractivity contribution in [3.63, 3.8) is 0 Å². The molecule has 0 radical (unpaired) electrons. The molecule has 0 unspecified atom stereocenters. The van der Waals surface area contributed by atoms with Crippen LogP contribution in [0.2, 0.25) is 0 Å². The Labute approximate surface area is 230 Å². The van der Waals surface area contributed by atoms with E-state index in [0.717, 1.165) is 33.6 Å². The molecule has 0 atom stereocenters. The topological polar surface area (TPSA) is 99.9 Å². The summed E-state index contributed by atoms with van der Waals surface area (Å²) in [5, 5.41) is 4.37. The second-order valence-corrected chi connectivity index (χ2v) is 12.5. The minimum Gasteiger partial charge on any atom is -0.497 e. The number of esters is 1. The number of fused-ring (bicyclic) bond motifs is 1. The van der Waals surface area contributed by atoms with Crippen molar-refractivity contribution in [3.8, 4) is 11.5 Å². The summed E-state index contributed by atoms with van der Waals surface area (Å²) < 4.78 is 12.5. The molecular weight excluding hydrogens is 514 g/mol. The fourth-order valence-corrected chi connectivity index (χ4v) is 5.15. The molecule has 0 bridgehead atoms. The zero-order valence-electron chi connectivity index (χ0n) is 23.5. The summed E-state index contributed by atoms with van der Waals surface area (Å²) in [5.74, 6) is 0.874. The van der Waals surface area contributed by atoms with Gasteiger partial charge in [0.15, 0.2) is 0 Å². The summed E-state index contributed by atoms with van der Waals surface area (Å²) in [5.41, 5.74) is 2.07. The number of ether oxygens (including phenoxy) is 2. The molecule has 2 aromatic carbocycles. The molecule has 39 heavy (non-hydrogen) atoms. The fraction of sp³-hybridized carbons (Fsp3) is 0.367. The van der Waals surface area contributed by atoms with Crippen LogP contribution in [0.4, 0.5) is 0 Å². The highest BCUT2D eigenvalue weighted by Crippen LogP contribution is 2.41. The lowest BCUT2D eigenvalue weighted by molar-refractivity contribution is -0.132. The Bertz CT molecular complexity index is 1690. The zero-order valence-corrected chi connectivity index (χ0v) is 24.4. The van der Waals surface area contributed by atoms with Crippen LogP contribution < -0.4 is 25.1 Å². The maximum absolute atomic E-state index is 13.4. The molecule has 2 heterocycles. The molecule has 9 heteroatoms. The third-order valence-corrected chi connectivity index (χ3v) is 7.21. The molecule has 0 aliphatic rings. The predicted molar refractivity (Wildman–Crippen MR) is 153 cm³/mol. The van der Waals surface area contributed by atoms with E-state index in [1.807, 2.05) is 65.8 Å². The van der Waals surface area contributed by atoms with E-state index < -0.39 is 5.56 Å². The van der Waals surface area contributed by atoms with Gasteiger partial charge in [-0.3, -0.25) is 14.4 Å². The first-order valence-corrected chi connectivity index (χ1v) is 13.4. The van der Waals surface area contributed by atoms with Crippen molar-refractivity contribution in [1.29, 1.82) is 0 Å². The van der Waals surface area contributed by atoms with Gasteiger partial charge in [-0.2, -0.15) is 14.6 Å². The van der Waals surface area contributed by atoms with Crippen LogP contribution in [-0.4, -0.2) is 27.7 Å². The van der Waals surface area contributed by atoms with Gasteiger partial charge in [-0.25, -0.2) is 0 Å². The standard InChI is InChI=1S/C30H33N3O5S/c1-17(34)38-25-21(29(2,3)4)13-19(14-22(25)30(5,6)7)16-24-27(36)33-28(39-24)31-26(35)23(32-33)15-18-9-11-20(37-8)12-10-18/h9-14,16H,15H2,1-8H3. The molecule has 2 aromatic heterocycles. The largest absolute Gasteiger partial charge is 0.497 e. The highest BCUT2D eigenvalue weighted by Gasteiger charge is 2.28. The quantitative estimate of drug-likeness (QED) is 0.273. The number of carbonyl (C=O) groups is 1. The van der Waals surface area contributed by atoms with Gasteiger partial charge in [-0.15, -0.1) is 0 Å². The van der Waals surface area contributed by atoms with Crippen LogP contribution in [0.5, 0.6) is 11.5 Å². The second kappa shape index (κ2) is 10.4. The van der Waals surface area contributed by atoms with Crippen LogP contribution in [0.3, 0.4) is 0 Å². The monoisotopic (exact) mass is 547 g/mol. The Morgan fingerprint density at radius 3 is 2.10 bits per heavy atom. The number of methoxy groups -OCH3 is 1. The number of hydrogen-bond acceptors (Lipinski definition) is 8. The number of hydrogen-bond donors (Lipinski definition) is 0. The van der Waals surface area contributed by atoms with Gasteiger partial charge < -0.3 is 9.47 Å². The van der Waals surface area contributed by atoms with E-state index in [4.69, 9.17) is 9.47 Å². The van der Waals surface area contributed by atoms with E-state index in [2.05, 4.69) is 10.1 Å². The number of aromatic nitrogens is 3. The first-order valence-electron chi connectivity index (χ1n) is 12.6. The number of rotatable bonds is 5. The van der Waals surface area contributed by atoms with E-state index in [1.54, 1.807) is 25.3 Å². The maximum Gasteiger partial charge on any atom is 0.308 e. The normalized spacial score (nSPS) is 12.7. The van der Waals surface area contributed by atoms with Crippen molar-refractivity contribution in [1.82, 2.24) is 14.6 Å². The minimum atomic E-state index is -0.464. The Morgan fingerprint density at radius 2 is 1.59 bits per heavy atom. The average Bonchev–Trinajstić information content (AvgIpc) is 3.12. The smallest absolute Gasteiger partial charge is 0.308 e. The predicted octanol–water partition coefficient (Wildman–Crippen LogP) is 4.18. The Balaban J connectivity index is 1.86. The van der Waals surface area contributed by atoms with E-state index in [-0.39, 0.29) is 39.4 Å². The second-order valence-electron chi connectivity index (χ2n) is 11.5. The van der Waals surface area contributed by atoms with Gasteiger partial charge in [-0.05, 0) is 52.3 Å². The summed E-state index contributed by atoms with van der Waals surface area (Å²) in [6.07, 6.45) is 2.02. The molecule has 0 saturated carbocycles. The third kappa shape index (κ3) is 6.09. The van der Waals surface area contributed by atoms with E-state index in [1.165, 1.54) is 11.4 Å². The summed E-state index contributed by atoms with van der Waals surface area (Å²) in [4.78, 5) is 42.4. The van der Waals surface area contributed by atoms with Crippen molar-refractivity contribution in [2.24, 2.45) is 0 Å². The SMILES string of the molecule is COc1ccc(Cc2nn3c(=O)c(=Cc4cc(C(C)(C)C)c(OC(C)=O)c(C(C)(C)C)c4)sc3nc2=O)cc1. The average molecular weight is 548 g/mol. The fourth-order valence-electron chi connectivity index (χ4n) is 4.24. The van der Waals surface area contributed by atoms with Crippen molar-refractivity contribution >= 4 is 28.3 Å². The van der Waals surface area contributed by atoms with Gasteiger partial charge in [0.2, 0.25) is 4.96 Å². The Hall–Kier alpha value is -3.85. The van der Waals surface area contributed by atoms with E-state index in [9.17, 15) is 14.4 Å². The molecule has 0 N–H and O–H groups in total. The maximum atomic E-state index is 13.4. The van der Waals surface area contributed by atoms with Crippen LogP contribution >= 0.6 is 11.3 Å². The van der Waals surface area contributed by atoms with Gasteiger partial charge in [-0.1, -0.05) is 65.0 Å². The van der Waals surface area contributed by atoms with Gasteiger partial charge >= 0.3 is 5.97 Å². The Kier molecular flexibility index (Phi) is 7.49. The lowest BCUT2D eigenvalue weighted by atomic mass is 9.78.